The molecule has 2 unspecified atom stereocenters. The van der Waals surface area contributed by atoms with Crippen LogP contribution in [0.3, 0.4) is 0 Å². The highest BCUT2D eigenvalue weighted by Crippen LogP contribution is 2.63. The van der Waals surface area contributed by atoms with Gasteiger partial charge in [-0.25, -0.2) is 0 Å². The molecule has 2 aliphatic rings. The molecule has 2 saturated carbocycles. The van der Waals surface area contributed by atoms with Crippen LogP contribution in [0.4, 0.5) is 0 Å². The molecule has 0 amide bonds. The van der Waals surface area contributed by atoms with Crippen LogP contribution in [-0.2, 0) is 4.74 Å². The fraction of sp³-hybridized carbons (Fsp3) is 1.00. The lowest BCUT2D eigenvalue weighted by Crippen LogP contribution is -2.42. The Bertz CT molecular complexity index is 204. The Kier molecular flexibility index (Phi) is 1.99. The van der Waals surface area contributed by atoms with E-state index in [1.165, 1.54) is 19.3 Å². The van der Waals surface area contributed by atoms with Gasteiger partial charge in [0.1, 0.15) is 0 Å². The lowest BCUT2D eigenvalue weighted by atomic mass is 9.70. The van der Waals surface area contributed by atoms with Gasteiger partial charge in [0.25, 0.3) is 0 Å². The van der Waals surface area contributed by atoms with E-state index in [9.17, 15) is 0 Å². The molecule has 3 atom stereocenters. The van der Waals surface area contributed by atoms with Gasteiger partial charge >= 0.3 is 0 Å². The molecule has 0 aromatic heterocycles. The first kappa shape index (κ1) is 9.51. The molecule has 0 spiro atoms. The normalized spacial score (nSPS) is 47.1. The van der Waals surface area contributed by atoms with Crippen molar-refractivity contribution in [2.24, 2.45) is 16.7 Å². The van der Waals surface area contributed by atoms with Crippen molar-refractivity contribution in [2.75, 3.05) is 6.61 Å². The van der Waals surface area contributed by atoms with Crippen molar-refractivity contribution in [3.05, 3.63) is 0 Å². The van der Waals surface area contributed by atoms with Crippen molar-refractivity contribution in [1.82, 2.24) is 0 Å². The zero-order valence-electron chi connectivity index (χ0n) is 9.39. The molecule has 2 rings (SSSR count). The first-order valence-electron chi connectivity index (χ1n) is 5.62. The van der Waals surface area contributed by atoms with Crippen LogP contribution in [0.1, 0.15) is 47.0 Å². The second kappa shape index (κ2) is 2.73. The maximum Gasteiger partial charge on any atom is 0.0682 e. The smallest absolute Gasteiger partial charge is 0.0682 e. The summed E-state index contributed by atoms with van der Waals surface area (Å²) in [5.41, 5.74) is 0.910. The molecule has 2 fully saturated rings. The number of ether oxygens (including phenoxy) is 1. The standard InChI is InChI=1S/C12H22O/c1-5-13-10-11(2,3)9-6-7-12(10,4)8-9/h9-10H,5-8H2,1-4H3/t9?,10?,12-/m0/s1. The maximum atomic E-state index is 5.96. The zero-order chi connectivity index (χ0) is 9.69. The van der Waals surface area contributed by atoms with E-state index < -0.39 is 0 Å². The van der Waals surface area contributed by atoms with Crippen molar-refractivity contribution < 1.29 is 4.74 Å². The fourth-order valence-electron chi connectivity index (χ4n) is 3.84. The summed E-state index contributed by atoms with van der Waals surface area (Å²) in [4.78, 5) is 0. The summed E-state index contributed by atoms with van der Waals surface area (Å²) < 4.78 is 5.96. The second-order valence-corrected chi connectivity index (χ2v) is 5.75. The lowest BCUT2D eigenvalue weighted by Gasteiger charge is -2.42. The van der Waals surface area contributed by atoms with Gasteiger partial charge in [-0.05, 0) is 42.9 Å². The maximum absolute atomic E-state index is 5.96. The van der Waals surface area contributed by atoms with E-state index in [-0.39, 0.29) is 0 Å². The molecule has 0 saturated heterocycles. The highest BCUT2D eigenvalue weighted by Gasteiger charge is 2.59. The molecule has 2 bridgehead atoms. The van der Waals surface area contributed by atoms with Gasteiger partial charge < -0.3 is 4.74 Å². The minimum Gasteiger partial charge on any atom is -0.377 e. The topological polar surface area (TPSA) is 9.23 Å². The molecule has 0 aromatic rings. The van der Waals surface area contributed by atoms with Crippen LogP contribution in [0.5, 0.6) is 0 Å². The van der Waals surface area contributed by atoms with Gasteiger partial charge in [-0.1, -0.05) is 20.8 Å². The predicted octanol–water partition coefficient (Wildman–Crippen LogP) is 3.24. The molecule has 0 heterocycles. The van der Waals surface area contributed by atoms with Gasteiger partial charge in [-0.2, -0.15) is 0 Å². The first-order valence-corrected chi connectivity index (χ1v) is 5.62. The molecule has 1 heteroatoms. The Morgan fingerprint density at radius 1 is 1.31 bits per heavy atom. The predicted molar refractivity (Wildman–Crippen MR) is 54.6 cm³/mol. The summed E-state index contributed by atoms with van der Waals surface area (Å²) in [6.45, 7) is 10.2. The molecule has 13 heavy (non-hydrogen) atoms. The minimum atomic E-state index is 0.420. The largest absolute Gasteiger partial charge is 0.377 e. The molecular formula is C12H22O. The molecule has 0 radical (unpaired) electrons. The molecule has 1 nitrogen and oxygen atoms in total. The summed E-state index contributed by atoms with van der Waals surface area (Å²) in [5, 5.41) is 0. The van der Waals surface area contributed by atoms with Crippen molar-refractivity contribution in [3.63, 3.8) is 0 Å². The van der Waals surface area contributed by atoms with Gasteiger partial charge in [0.05, 0.1) is 6.10 Å². The summed E-state index contributed by atoms with van der Waals surface area (Å²) >= 11 is 0. The van der Waals surface area contributed by atoms with E-state index in [0.717, 1.165) is 12.5 Å². The third kappa shape index (κ3) is 1.16. The van der Waals surface area contributed by atoms with Crippen LogP contribution in [0.15, 0.2) is 0 Å². The summed E-state index contributed by atoms with van der Waals surface area (Å²) in [5.74, 6) is 0.911. The third-order valence-corrected chi connectivity index (χ3v) is 4.47. The lowest BCUT2D eigenvalue weighted by molar-refractivity contribution is -0.0840. The average Bonchev–Trinajstić information content (AvgIpc) is 2.50. The van der Waals surface area contributed by atoms with Crippen LogP contribution in [0.25, 0.3) is 0 Å². The van der Waals surface area contributed by atoms with Crippen molar-refractivity contribution in [1.29, 1.82) is 0 Å². The van der Waals surface area contributed by atoms with Gasteiger partial charge in [-0.15, -0.1) is 0 Å². The summed E-state index contributed by atoms with van der Waals surface area (Å²) in [6, 6.07) is 0. The molecular weight excluding hydrogens is 160 g/mol. The van der Waals surface area contributed by atoms with Gasteiger partial charge in [0, 0.05) is 6.61 Å². The van der Waals surface area contributed by atoms with E-state index >= 15 is 0 Å². The second-order valence-electron chi connectivity index (χ2n) is 5.75. The first-order chi connectivity index (χ1) is 6.00. The molecule has 0 N–H and O–H groups in total. The van der Waals surface area contributed by atoms with Crippen LogP contribution in [0.2, 0.25) is 0 Å². The number of hydrogen-bond donors (Lipinski definition) is 0. The third-order valence-electron chi connectivity index (χ3n) is 4.47. The molecule has 0 aliphatic heterocycles. The SMILES string of the molecule is CCOC1C(C)(C)C2CC[C@@]1(C)C2. The summed E-state index contributed by atoms with van der Waals surface area (Å²) in [6.07, 6.45) is 4.70. The van der Waals surface area contributed by atoms with Crippen molar-refractivity contribution in [2.45, 2.75) is 53.1 Å². The van der Waals surface area contributed by atoms with Crippen LogP contribution >= 0.6 is 0 Å². The fourth-order valence-corrected chi connectivity index (χ4v) is 3.84. The Labute approximate surface area is 81.9 Å². The van der Waals surface area contributed by atoms with E-state index in [0.29, 0.717) is 16.9 Å². The van der Waals surface area contributed by atoms with Crippen molar-refractivity contribution >= 4 is 0 Å². The Hall–Kier alpha value is -0.0400. The zero-order valence-corrected chi connectivity index (χ0v) is 9.39. The Balaban J connectivity index is 2.23. The quantitative estimate of drug-likeness (QED) is 0.637. The van der Waals surface area contributed by atoms with Crippen LogP contribution in [0, 0.1) is 16.7 Å². The molecule has 2 aliphatic carbocycles. The molecule has 76 valence electrons. The van der Waals surface area contributed by atoms with Gasteiger partial charge in [-0.3, -0.25) is 0 Å². The number of rotatable bonds is 2. The van der Waals surface area contributed by atoms with E-state index in [4.69, 9.17) is 4.74 Å². The molecule has 0 aromatic carbocycles. The van der Waals surface area contributed by atoms with Crippen LogP contribution < -0.4 is 0 Å². The highest BCUT2D eigenvalue weighted by atomic mass is 16.5. The van der Waals surface area contributed by atoms with Gasteiger partial charge in [0.2, 0.25) is 0 Å². The van der Waals surface area contributed by atoms with Crippen molar-refractivity contribution in [3.8, 4) is 0 Å². The monoisotopic (exact) mass is 182 g/mol. The number of fused-ring (bicyclic) bond motifs is 2. The van der Waals surface area contributed by atoms with Crippen LogP contribution in [-0.4, -0.2) is 12.7 Å². The minimum absolute atomic E-state index is 0.420. The van der Waals surface area contributed by atoms with E-state index in [1.807, 2.05) is 0 Å². The highest BCUT2D eigenvalue weighted by molar-refractivity contribution is 5.09. The average molecular weight is 182 g/mol. The number of hydrogen-bond acceptors (Lipinski definition) is 1. The van der Waals surface area contributed by atoms with E-state index in [1.54, 1.807) is 0 Å². The van der Waals surface area contributed by atoms with E-state index in [2.05, 4.69) is 27.7 Å². The van der Waals surface area contributed by atoms with Gasteiger partial charge in [0.15, 0.2) is 0 Å². The summed E-state index contributed by atoms with van der Waals surface area (Å²) in [7, 11) is 0. The Morgan fingerprint density at radius 2 is 2.00 bits per heavy atom. The Morgan fingerprint density at radius 3 is 2.46 bits per heavy atom.